The van der Waals surface area contributed by atoms with Crippen LogP contribution in [0, 0.1) is 19.7 Å². The van der Waals surface area contributed by atoms with Crippen molar-refractivity contribution in [3.05, 3.63) is 93.9 Å². The summed E-state index contributed by atoms with van der Waals surface area (Å²) in [6, 6.07) is 15.9. The molecule has 3 aromatic rings. The highest BCUT2D eigenvalue weighted by Crippen LogP contribution is 2.37. The number of aryl methyl sites for hydroxylation is 2. The zero-order valence-electron chi connectivity index (χ0n) is 17.7. The van der Waals surface area contributed by atoms with Crippen LogP contribution in [0.4, 0.5) is 15.8 Å². The van der Waals surface area contributed by atoms with Crippen LogP contribution in [-0.4, -0.2) is 18.9 Å². The van der Waals surface area contributed by atoms with E-state index in [4.69, 9.17) is 16.3 Å². The minimum atomic E-state index is -0.544. The molecule has 0 atom stereocenters. The molecule has 3 aromatic carbocycles. The van der Waals surface area contributed by atoms with Gasteiger partial charge in [0.1, 0.15) is 17.3 Å². The first-order valence-electron chi connectivity index (χ1n) is 9.87. The van der Waals surface area contributed by atoms with Crippen LogP contribution >= 0.6 is 11.6 Å². The minimum absolute atomic E-state index is 0.0715. The first kappa shape index (κ1) is 21.6. The molecule has 0 radical (unpaired) electrons. The molecule has 1 aliphatic rings. The van der Waals surface area contributed by atoms with Crippen molar-refractivity contribution in [2.24, 2.45) is 0 Å². The van der Waals surface area contributed by atoms with Crippen molar-refractivity contribution in [2.45, 2.75) is 13.8 Å². The Morgan fingerprint density at radius 2 is 1.66 bits per heavy atom. The van der Waals surface area contributed by atoms with Crippen LogP contribution in [0.5, 0.6) is 5.75 Å². The van der Waals surface area contributed by atoms with Gasteiger partial charge in [0.15, 0.2) is 0 Å². The molecule has 0 saturated heterocycles. The summed E-state index contributed by atoms with van der Waals surface area (Å²) in [4.78, 5) is 28.0. The van der Waals surface area contributed by atoms with E-state index in [1.165, 1.54) is 31.4 Å². The van der Waals surface area contributed by atoms with Gasteiger partial charge in [-0.25, -0.2) is 9.29 Å². The van der Waals surface area contributed by atoms with Crippen LogP contribution < -0.4 is 15.0 Å². The van der Waals surface area contributed by atoms with Gasteiger partial charge in [-0.2, -0.15) is 0 Å². The van der Waals surface area contributed by atoms with E-state index in [-0.39, 0.29) is 11.3 Å². The molecule has 0 aliphatic carbocycles. The fourth-order valence-electron chi connectivity index (χ4n) is 3.54. The second-order valence-corrected chi connectivity index (χ2v) is 7.87. The number of carbonyl (C=O) groups is 2. The van der Waals surface area contributed by atoms with Crippen LogP contribution in [0.1, 0.15) is 16.7 Å². The third-order valence-electron chi connectivity index (χ3n) is 5.25. The maximum atomic E-state index is 13.5. The summed E-state index contributed by atoms with van der Waals surface area (Å²) in [5, 5.41) is 3.52. The number of nitrogens with one attached hydrogen (secondary N) is 1. The lowest BCUT2D eigenvalue weighted by Gasteiger charge is -2.17. The van der Waals surface area contributed by atoms with Crippen molar-refractivity contribution < 1.29 is 18.7 Å². The van der Waals surface area contributed by atoms with Crippen LogP contribution in [0.2, 0.25) is 5.02 Å². The number of hydrogen-bond acceptors (Lipinski definition) is 4. The molecule has 1 aliphatic heterocycles. The Hall–Kier alpha value is -3.64. The molecular weight excluding hydrogens is 431 g/mol. The van der Waals surface area contributed by atoms with Crippen LogP contribution in [-0.2, 0) is 9.59 Å². The molecule has 1 N–H and O–H groups in total. The van der Waals surface area contributed by atoms with Crippen molar-refractivity contribution in [1.82, 2.24) is 0 Å². The Bertz CT molecular complexity index is 1270. The first-order valence-corrected chi connectivity index (χ1v) is 10.2. The largest absolute Gasteiger partial charge is 0.495 e. The lowest BCUT2D eigenvalue weighted by atomic mass is 10.0. The molecule has 5 nitrogen and oxygen atoms in total. The number of halogens is 2. The maximum Gasteiger partial charge on any atom is 0.282 e. The molecule has 0 saturated carbocycles. The molecule has 32 heavy (non-hydrogen) atoms. The van der Waals surface area contributed by atoms with E-state index in [2.05, 4.69) is 5.32 Å². The predicted octanol–water partition coefficient (Wildman–Crippen LogP) is 5.50. The summed E-state index contributed by atoms with van der Waals surface area (Å²) >= 11 is 6.24. The van der Waals surface area contributed by atoms with Crippen molar-refractivity contribution in [3.63, 3.8) is 0 Å². The number of carbonyl (C=O) groups excluding carboxylic acids is 2. The Morgan fingerprint density at radius 3 is 2.31 bits per heavy atom. The highest BCUT2D eigenvalue weighted by atomic mass is 35.5. The predicted molar refractivity (Wildman–Crippen MR) is 123 cm³/mol. The molecule has 1 heterocycles. The number of ether oxygens (including phenoxy) is 1. The van der Waals surface area contributed by atoms with E-state index in [9.17, 15) is 14.0 Å². The third kappa shape index (κ3) is 3.85. The van der Waals surface area contributed by atoms with Gasteiger partial charge in [-0.15, -0.1) is 0 Å². The van der Waals surface area contributed by atoms with E-state index < -0.39 is 17.6 Å². The monoisotopic (exact) mass is 450 g/mol. The zero-order valence-corrected chi connectivity index (χ0v) is 18.5. The molecular formula is C25H20ClFN2O3. The molecule has 0 bridgehead atoms. The first-order chi connectivity index (χ1) is 15.3. The van der Waals surface area contributed by atoms with E-state index in [0.717, 1.165) is 16.0 Å². The average molecular weight is 451 g/mol. The van der Waals surface area contributed by atoms with Gasteiger partial charge in [-0.3, -0.25) is 9.59 Å². The smallest absolute Gasteiger partial charge is 0.282 e. The summed E-state index contributed by atoms with van der Waals surface area (Å²) < 4.78 is 18.9. The van der Waals surface area contributed by atoms with E-state index >= 15 is 0 Å². The van der Waals surface area contributed by atoms with Gasteiger partial charge >= 0.3 is 0 Å². The third-order valence-corrected chi connectivity index (χ3v) is 5.65. The fourth-order valence-corrected chi connectivity index (χ4v) is 3.71. The van der Waals surface area contributed by atoms with Gasteiger partial charge < -0.3 is 10.1 Å². The minimum Gasteiger partial charge on any atom is -0.495 e. The van der Waals surface area contributed by atoms with Gasteiger partial charge in [0, 0.05) is 5.02 Å². The molecule has 0 fully saturated rings. The second kappa shape index (κ2) is 8.48. The van der Waals surface area contributed by atoms with Crippen LogP contribution in [0.3, 0.4) is 0 Å². The number of imide groups is 1. The summed E-state index contributed by atoms with van der Waals surface area (Å²) in [5.41, 5.74) is 3.27. The highest BCUT2D eigenvalue weighted by molar-refractivity contribution is 6.46. The number of anilines is 2. The number of benzene rings is 3. The number of methoxy groups -OCH3 is 1. The van der Waals surface area contributed by atoms with Crippen molar-refractivity contribution in [3.8, 4) is 5.75 Å². The summed E-state index contributed by atoms with van der Waals surface area (Å²) in [6.45, 7) is 3.74. The van der Waals surface area contributed by atoms with Gasteiger partial charge in [0.25, 0.3) is 11.8 Å². The fraction of sp³-hybridized carbons (Fsp3) is 0.120. The standard InChI is InChI=1S/C25H20ClFN2O3/c1-14-4-11-21(32-3)20(12-14)28-23-22(16-6-8-17(27)9-7-16)24(30)29(25(23)31)18-10-5-15(2)19(26)13-18/h4-13,28H,1-3H3. The van der Waals surface area contributed by atoms with Gasteiger partial charge in [0.2, 0.25) is 0 Å². The van der Waals surface area contributed by atoms with E-state index in [1.54, 1.807) is 24.3 Å². The molecule has 0 spiro atoms. The van der Waals surface area contributed by atoms with Crippen molar-refractivity contribution >= 4 is 40.4 Å². The number of hydrogen-bond donors (Lipinski definition) is 1. The van der Waals surface area contributed by atoms with Crippen molar-refractivity contribution in [1.29, 1.82) is 0 Å². The summed E-state index contributed by atoms with van der Waals surface area (Å²) in [7, 11) is 1.52. The molecule has 0 unspecified atom stereocenters. The summed E-state index contributed by atoms with van der Waals surface area (Å²) in [5.74, 6) is -1.00. The van der Waals surface area contributed by atoms with E-state index in [0.29, 0.717) is 27.7 Å². The van der Waals surface area contributed by atoms with Crippen LogP contribution in [0.15, 0.2) is 66.4 Å². The quantitative estimate of drug-likeness (QED) is 0.521. The number of rotatable bonds is 5. The Labute approximate surface area is 190 Å². The lowest BCUT2D eigenvalue weighted by molar-refractivity contribution is -0.120. The Morgan fingerprint density at radius 1 is 0.938 bits per heavy atom. The maximum absolute atomic E-state index is 13.5. The van der Waals surface area contributed by atoms with Gasteiger partial charge in [-0.1, -0.05) is 35.9 Å². The summed E-state index contributed by atoms with van der Waals surface area (Å²) in [6.07, 6.45) is 0. The van der Waals surface area contributed by atoms with E-state index in [1.807, 2.05) is 26.0 Å². The highest BCUT2D eigenvalue weighted by Gasteiger charge is 2.40. The number of amides is 2. The Kier molecular flexibility index (Phi) is 5.72. The average Bonchev–Trinajstić information content (AvgIpc) is 3.00. The number of nitrogens with zero attached hydrogens (tertiary/aromatic N) is 1. The molecule has 4 rings (SSSR count). The normalized spacial score (nSPS) is 13.7. The lowest BCUT2D eigenvalue weighted by Crippen LogP contribution is -2.32. The molecule has 7 heteroatoms. The Balaban J connectivity index is 1.86. The molecule has 2 amide bonds. The molecule has 0 aromatic heterocycles. The zero-order chi connectivity index (χ0) is 23.0. The second-order valence-electron chi connectivity index (χ2n) is 7.46. The molecule has 162 valence electrons. The van der Waals surface area contributed by atoms with Crippen molar-refractivity contribution in [2.75, 3.05) is 17.3 Å². The van der Waals surface area contributed by atoms with Crippen LogP contribution in [0.25, 0.3) is 5.57 Å². The van der Waals surface area contributed by atoms with Gasteiger partial charge in [0.05, 0.1) is 24.1 Å². The topological polar surface area (TPSA) is 58.6 Å². The SMILES string of the molecule is COc1ccc(C)cc1NC1=C(c2ccc(F)cc2)C(=O)N(c2ccc(C)c(Cl)c2)C1=O. The van der Waals surface area contributed by atoms with Gasteiger partial charge in [-0.05, 0) is 66.9 Å².